The summed E-state index contributed by atoms with van der Waals surface area (Å²) in [4.78, 5) is 0. The molecule has 0 radical (unpaired) electrons. The van der Waals surface area contributed by atoms with Crippen LogP contribution in [0.4, 0.5) is 4.39 Å². The van der Waals surface area contributed by atoms with Gasteiger partial charge in [0.25, 0.3) is 0 Å². The van der Waals surface area contributed by atoms with Crippen LogP contribution in [0.3, 0.4) is 0 Å². The van der Waals surface area contributed by atoms with Crippen molar-refractivity contribution in [1.29, 1.82) is 0 Å². The highest BCUT2D eigenvalue weighted by molar-refractivity contribution is 9.10. The highest BCUT2D eigenvalue weighted by atomic mass is 79.9. The lowest BCUT2D eigenvalue weighted by Gasteiger charge is -2.06. The van der Waals surface area contributed by atoms with Gasteiger partial charge in [-0.3, -0.25) is 4.40 Å². The summed E-state index contributed by atoms with van der Waals surface area (Å²) in [5, 5.41) is 11.4. The molecule has 3 rings (SSSR count). The Morgan fingerprint density at radius 3 is 2.95 bits per heavy atom. The van der Waals surface area contributed by atoms with Crippen LogP contribution in [-0.2, 0) is 13.1 Å². The Morgan fingerprint density at radius 1 is 1.15 bits per heavy atom. The van der Waals surface area contributed by atoms with Crippen molar-refractivity contribution in [2.45, 2.75) is 13.1 Å². The Kier molecular flexibility index (Phi) is 3.75. The minimum Gasteiger partial charge on any atom is -0.306 e. The van der Waals surface area contributed by atoms with Crippen molar-refractivity contribution in [3.8, 4) is 0 Å². The topological polar surface area (TPSA) is 42.2 Å². The molecule has 0 saturated carbocycles. The molecule has 4 nitrogen and oxygen atoms in total. The molecule has 0 aliphatic rings. The molecule has 6 heteroatoms. The van der Waals surface area contributed by atoms with E-state index in [-0.39, 0.29) is 5.82 Å². The maximum atomic E-state index is 13.6. The molecule has 0 atom stereocenters. The van der Waals surface area contributed by atoms with Crippen LogP contribution >= 0.6 is 15.9 Å². The van der Waals surface area contributed by atoms with E-state index in [2.05, 4.69) is 31.4 Å². The van der Waals surface area contributed by atoms with Crippen LogP contribution in [0.5, 0.6) is 0 Å². The Labute approximate surface area is 123 Å². The molecule has 3 aromatic rings. The molecule has 0 unspecified atom stereocenters. The summed E-state index contributed by atoms with van der Waals surface area (Å²) in [5.41, 5.74) is 1.42. The molecule has 0 aliphatic heterocycles. The van der Waals surface area contributed by atoms with E-state index in [0.717, 1.165) is 15.9 Å². The van der Waals surface area contributed by atoms with Gasteiger partial charge in [-0.15, -0.1) is 10.2 Å². The lowest BCUT2D eigenvalue weighted by molar-refractivity contribution is 0.581. The van der Waals surface area contributed by atoms with E-state index in [1.807, 2.05) is 28.8 Å². The highest BCUT2D eigenvalue weighted by Gasteiger charge is 2.06. The molecule has 1 N–H and O–H groups in total. The molecule has 0 saturated heterocycles. The van der Waals surface area contributed by atoms with Crippen molar-refractivity contribution in [2.75, 3.05) is 0 Å². The molecule has 0 aliphatic carbocycles. The normalized spacial score (nSPS) is 11.1. The smallest absolute Gasteiger partial charge is 0.160 e. The molecule has 2 aromatic heterocycles. The summed E-state index contributed by atoms with van der Waals surface area (Å²) in [7, 11) is 0. The van der Waals surface area contributed by atoms with Crippen LogP contribution < -0.4 is 5.32 Å². The van der Waals surface area contributed by atoms with E-state index in [4.69, 9.17) is 0 Å². The van der Waals surface area contributed by atoms with Gasteiger partial charge in [-0.2, -0.15) is 0 Å². The maximum absolute atomic E-state index is 13.6. The third-order valence-corrected chi connectivity index (χ3v) is 3.48. The molecule has 0 bridgehead atoms. The number of fused-ring (bicyclic) bond motifs is 1. The van der Waals surface area contributed by atoms with E-state index >= 15 is 0 Å². The summed E-state index contributed by atoms with van der Waals surface area (Å²) in [5.74, 6) is 0.586. The van der Waals surface area contributed by atoms with E-state index in [1.54, 1.807) is 12.1 Å². The predicted octanol–water partition coefficient (Wildman–Crippen LogP) is 2.92. The quantitative estimate of drug-likeness (QED) is 0.797. The van der Waals surface area contributed by atoms with Crippen molar-refractivity contribution in [3.63, 3.8) is 0 Å². The second-order valence-corrected chi connectivity index (χ2v) is 5.30. The lowest BCUT2D eigenvalue weighted by Crippen LogP contribution is -2.15. The number of nitrogens with one attached hydrogen (secondary N) is 1. The van der Waals surface area contributed by atoms with Gasteiger partial charge < -0.3 is 5.32 Å². The summed E-state index contributed by atoms with van der Waals surface area (Å²) in [6.45, 7) is 0.962. The second-order valence-electron chi connectivity index (χ2n) is 4.38. The molecule has 102 valence electrons. The van der Waals surface area contributed by atoms with Gasteiger partial charge in [-0.25, -0.2) is 4.39 Å². The largest absolute Gasteiger partial charge is 0.306 e. The van der Waals surface area contributed by atoms with Gasteiger partial charge in [0.05, 0.1) is 6.54 Å². The first-order chi connectivity index (χ1) is 9.74. The fraction of sp³-hybridized carbons (Fsp3) is 0.143. The Hall–Kier alpha value is -1.79. The molecule has 0 fully saturated rings. The summed E-state index contributed by atoms with van der Waals surface area (Å²) in [6, 6.07) is 10.6. The Balaban J connectivity index is 1.69. The number of aromatic nitrogens is 3. The minimum atomic E-state index is -0.216. The van der Waals surface area contributed by atoms with Gasteiger partial charge in [-0.05, 0) is 30.3 Å². The molecular weight excluding hydrogens is 323 g/mol. The van der Waals surface area contributed by atoms with Gasteiger partial charge in [0.2, 0.25) is 0 Å². The molecular formula is C14H12BrFN4. The van der Waals surface area contributed by atoms with Crippen molar-refractivity contribution >= 4 is 21.6 Å². The van der Waals surface area contributed by atoms with Crippen LogP contribution in [0, 0.1) is 5.82 Å². The number of pyridine rings is 1. The fourth-order valence-corrected chi connectivity index (χ4v) is 2.41. The Morgan fingerprint density at radius 2 is 2.05 bits per heavy atom. The van der Waals surface area contributed by atoms with Crippen LogP contribution in [0.25, 0.3) is 5.65 Å². The SMILES string of the molecule is Fc1ccc(Br)cc1CNCc1nnc2ccccn12. The molecule has 1 aromatic carbocycles. The number of rotatable bonds is 4. The van der Waals surface area contributed by atoms with Crippen LogP contribution in [-0.4, -0.2) is 14.6 Å². The molecule has 0 amide bonds. The second kappa shape index (κ2) is 5.68. The van der Waals surface area contributed by atoms with Crippen LogP contribution in [0.1, 0.15) is 11.4 Å². The number of benzene rings is 1. The average molecular weight is 335 g/mol. The number of nitrogens with zero attached hydrogens (tertiary/aromatic N) is 3. The van der Waals surface area contributed by atoms with E-state index in [1.165, 1.54) is 6.07 Å². The zero-order chi connectivity index (χ0) is 13.9. The Bertz CT molecular complexity index is 741. The number of hydrogen-bond donors (Lipinski definition) is 1. The fourth-order valence-electron chi connectivity index (χ4n) is 2.00. The van der Waals surface area contributed by atoms with Crippen molar-refractivity contribution in [3.05, 3.63) is 64.3 Å². The van der Waals surface area contributed by atoms with E-state index in [9.17, 15) is 4.39 Å². The maximum Gasteiger partial charge on any atom is 0.160 e. The number of halogens is 2. The third-order valence-electron chi connectivity index (χ3n) is 2.99. The van der Waals surface area contributed by atoms with Crippen LogP contribution in [0.2, 0.25) is 0 Å². The van der Waals surface area contributed by atoms with E-state index < -0.39 is 0 Å². The first-order valence-corrected chi connectivity index (χ1v) is 6.96. The predicted molar refractivity (Wildman–Crippen MR) is 77.6 cm³/mol. The lowest BCUT2D eigenvalue weighted by atomic mass is 10.2. The molecule has 0 spiro atoms. The summed E-state index contributed by atoms with van der Waals surface area (Å²) >= 11 is 3.34. The van der Waals surface area contributed by atoms with Gasteiger partial charge in [-0.1, -0.05) is 22.0 Å². The zero-order valence-corrected chi connectivity index (χ0v) is 12.1. The summed E-state index contributed by atoms with van der Waals surface area (Å²) in [6.07, 6.45) is 1.91. The van der Waals surface area contributed by atoms with Crippen molar-refractivity contribution in [1.82, 2.24) is 19.9 Å². The van der Waals surface area contributed by atoms with E-state index in [0.29, 0.717) is 18.7 Å². The van der Waals surface area contributed by atoms with Gasteiger partial charge in [0.15, 0.2) is 11.5 Å². The number of hydrogen-bond acceptors (Lipinski definition) is 3. The van der Waals surface area contributed by atoms with Gasteiger partial charge >= 0.3 is 0 Å². The first-order valence-electron chi connectivity index (χ1n) is 6.17. The van der Waals surface area contributed by atoms with Crippen LogP contribution in [0.15, 0.2) is 47.1 Å². The van der Waals surface area contributed by atoms with Crippen molar-refractivity contribution in [2.24, 2.45) is 0 Å². The molecule has 20 heavy (non-hydrogen) atoms. The average Bonchev–Trinajstić information content (AvgIpc) is 2.86. The monoisotopic (exact) mass is 334 g/mol. The zero-order valence-electron chi connectivity index (χ0n) is 10.6. The third kappa shape index (κ3) is 2.71. The van der Waals surface area contributed by atoms with Gasteiger partial charge in [0.1, 0.15) is 5.82 Å². The molecule has 2 heterocycles. The van der Waals surface area contributed by atoms with Crippen molar-refractivity contribution < 1.29 is 4.39 Å². The standard InChI is InChI=1S/C14H12BrFN4/c15-11-4-5-12(16)10(7-11)8-17-9-14-19-18-13-3-1-2-6-20(13)14/h1-7,17H,8-9H2. The summed E-state index contributed by atoms with van der Waals surface area (Å²) < 4.78 is 16.4. The minimum absolute atomic E-state index is 0.216. The van der Waals surface area contributed by atoms with Gasteiger partial charge in [0, 0.05) is 22.8 Å². The first kappa shape index (κ1) is 13.2. The highest BCUT2D eigenvalue weighted by Crippen LogP contribution is 2.15.